The SMILES string of the molecule is N#[N+]c1ccccc1C([O-])O. The summed E-state index contributed by atoms with van der Waals surface area (Å²) in [4.78, 5) is 2.83. The molecule has 1 rings (SSSR count). The van der Waals surface area contributed by atoms with Crippen LogP contribution in [0.25, 0.3) is 4.98 Å². The average Bonchev–Trinajstić information content (AvgIpc) is 2.04. The van der Waals surface area contributed by atoms with Crippen LogP contribution in [-0.2, 0) is 0 Å². The third-order valence-corrected chi connectivity index (χ3v) is 1.31. The van der Waals surface area contributed by atoms with E-state index in [2.05, 4.69) is 4.98 Å². The van der Waals surface area contributed by atoms with Crippen molar-refractivity contribution in [1.82, 2.24) is 0 Å². The fourth-order valence-electron chi connectivity index (χ4n) is 0.787. The molecule has 1 aromatic carbocycles. The van der Waals surface area contributed by atoms with Gasteiger partial charge < -0.3 is 10.2 Å². The van der Waals surface area contributed by atoms with Crippen LogP contribution >= 0.6 is 0 Å². The van der Waals surface area contributed by atoms with Gasteiger partial charge in [-0.25, -0.2) is 0 Å². The average molecular weight is 150 g/mol. The third-order valence-electron chi connectivity index (χ3n) is 1.31. The first-order valence-corrected chi connectivity index (χ1v) is 3.03. The molecule has 0 aromatic heterocycles. The quantitative estimate of drug-likeness (QED) is 0.468. The molecule has 4 nitrogen and oxygen atoms in total. The Hall–Kier alpha value is -1.44. The van der Waals surface area contributed by atoms with E-state index in [1.807, 2.05) is 0 Å². The van der Waals surface area contributed by atoms with Gasteiger partial charge in [0.1, 0.15) is 0 Å². The lowest BCUT2D eigenvalue weighted by atomic mass is 10.2. The molecule has 0 bridgehead atoms. The van der Waals surface area contributed by atoms with E-state index in [1.165, 1.54) is 12.1 Å². The molecule has 1 unspecified atom stereocenters. The molecule has 0 aliphatic carbocycles. The van der Waals surface area contributed by atoms with Crippen LogP contribution in [0.3, 0.4) is 0 Å². The van der Waals surface area contributed by atoms with Gasteiger partial charge in [-0.1, -0.05) is 12.1 Å². The lowest BCUT2D eigenvalue weighted by Crippen LogP contribution is -2.13. The minimum Gasteiger partial charge on any atom is -0.828 e. The molecule has 0 spiro atoms. The van der Waals surface area contributed by atoms with Crippen LogP contribution in [0.2, 0.25) is 0 Å². The lowest BCUT2D eigenvalue weighted by Gasteiger charge is -2.11. The molecule has 1 N–H and O–H groups in total. The second-order valence-electron chi connectivity index (χ2n) is 2.01. The molecule has 0 heterocycles. The fraction of sp³-hybridized carbons (Fsp3) is 0.143. The summed E-state index contributed by atoms with van der Waals surface area (Å²) < 4.78 is 0. The monoisotopic (exact) mass is 150 g/mol. The van der Waals surface area contributed by atoms with Crippen molar-refractivity contribution < 1.29 is 10.2 Å². The van der Waals surface area contributed by atoms with Gasteiger partial charge in [-0.15, -0.1) is 0 Å². The Morgan fingerprint density at radius 3 is 2.55 bits per heavy atom. The van der Waals surface area contributed by atoms with Crippen LogP contribution in [0.15, 0.2) is 24.3 Å². The number of nitrogens with zero attached hydrogens (tertiary/aromatic N) is 2. The molecule has 0 amide bonds. The van der Waals surface area contributed by atoms with Crippen molar-refractivity contribution in [2.75, 3.05) is 0 Å². The first-order chi connectivity index (χ1) is 5.25. The lowest BCUT2D eigenvalue weighted by molar-refractivity contribution is -0.490. The van der Waals surface area contributed by atoms with E-state index in [1.54, 1.807) is 12.1 Å². The highest BCUT2D eigenvalue weighted by molar-refractivity contribution is 5.51. The number of benzene rings is 1. The van der Waals surface area contributed by atoms with Crippen LogP contribution in [-0.4, -0.2) is 5.11 Å². The van der Waals surface area contributed by atoms with Crippen molar-refractivity contribution in [2.45, 2.75) is 6.29 Å². The Morgan fingerprint density at radius 1 is 1.45 bits per heavy atom. The fourth-order valence-corrected chi connectivity index (χ4v) is 0.787. The van der Waals surface area contributed by atoms with Gasteiger partial charge in [0.2, 0.25) is 5.39 Å². The zero-order valence-electron chi connectivity index (χ0n) is 5.64. The van der Waals surface area contributed by atoms with E-state index in [0.29, 0.717) is 0 Å². The second-order valence-corrected chi connectivity index (χ2v) is 2.01. The maximum Gasteiger partial charge on any atom is 0.389 e. The first-order valence-electron chi connectivity index (χ1n) is 3.03. The Balaban J connectivity index is 3.15. The number of rotatable bonds is 1. The molecule has 11 heavy (non-hydrogen) atoms. The van der Waals surface area contributed by atoms with E-state index < -0.39 is 6.29 Å². The highest BCUT2D eigenvalue weighted by Crippen LogP contribution is 2.21. The highest BCUT2D eigenvalue weighted by Gasteiger charge is 2.11. The van der Waals surface area contributed by atoms with E-state index in [0.717, 1.165) is 0 Å². The summed E-state index contributed by atoms with van der Waals surface area (Å²) in [6.45, 7) is 0. The van der Waals surface area contributed by atoms with Crippen molar-refractivity contribution in [3.8, 4) is 0 Å². The van der Waals surface area contributed by atoms with Gasteiger partial charge in [0.15, 0.2) is 4.98 Å². The molecule has 0 radical (unpaired) electrons. The molecule has 56 valence electrons. The number of hydrogen-bond acceptors (Lipinski definition) is 3. The normalized spacial score (nSPS) is 12.1. The Labute approximate surface area is 63.3 Å². The van der Waals surface area contributed by atoms with E-state index >= 15 is 0 Å². The molecule has 1 atom stereocenters. The zero-order chi connectivity index (χ0) is 8.27. The van der Waals surface area contributed by atoms with Gasteiger partial charge in [0, 0.05) is 12.4 Å². The van der Waals surface area contributed by atoms with Crippen molar-refractivity contribution in [3.05, 3.63) is 34.8 Å². The topological polar surface area (TPSA) is 71.4 Å². The van der Waals surface area contributed by atoms with Crippen LogP contribution in [0.4, 0.5) is 5.69 Å². The summed E-state index contributed by atoms with van der Waals surface area (Å²) in [7, 11) is 0. The number of diazo groups is 1. The van der Waals surface area contributed by atoms with Gasteiger partial charge >= 0.3 is 5.69 Å². The summed E-state index contributed by atoms with van der Waals surface area (Å²) in [5.41, 5.74) is 0.185. The van der Waals surface area contributed by atoms with Gasteiger partial charge in [-0.05, 0) is 6.07 Å². The summed E-state index contributed by atoms with van der Waals surface area (Å²) in [5.74, 6) is 0. The van der Waals surface area contributed by atoms with Crippen molar-refractivity contribution in [1.29, 1.82) is 5.39 Å². The summed E-state index contributed by atoms with van der Waals surface area (Å²) in [6, 6.07) is 6.05. The third kappa shape index (κ3) is 1.52. The van der Waals surface area contributed by atoms with Crippen LogP contribution in [0.1, 0.15) is 11.9 Å². The Morgan fingerprint density at radius 2 is 2.09 bits per heavy atom. The van der Waals surface area contributed by atoms with Gasteiger partial charge in [0.05, 0.1) is 5.56 Å². The van der Waals surface area contributed by atoms with E-state index in [9.17, 15) is 5.11 Å². The highest BCUT2D eigenvalue weighted by atomic mass is 16.5. The van der Waals surface area contributed by atoms with Crippen LogP contribution in [0.5, 0.6) is 0 Å². The Kier molecular flexibility index (Phi) is 2.16. The maximum atomic E-state index is 10.5. The van der Waals surface area contributed by atoms with E-state index in [-0.39, 0.29) is 11.3 Å². The molecule has 0 saturated heterocycles. The standard InChI is InChI=1S/C7H6N2O2/c8-9-6-4-2-1-3-5(6)7(10)11/h1-4,7,10H. The predicted molar refractivity (Wildman–Crippen MR) is 36.1 cm³/mol. The number of aliphatic hydroxyl groups excluding tert-OH is 1. The van der Waals surface area contributed by atoms with Crippen molar-refractivity contribution in [3.63, 3.8) is 0 Å². The largest absolute Gasteiger partial charge is 0.828 e. The molecule has 0 aliphatic rings. The minimum absolute atomic E-state index is 0.0787. The number of hydrogen-bond donors (Lipinski definition) is 1. The first kappa shape index (κ1) is 7.66. The molecule has 0 saturated carbocycles. The molecule has 0 fully saturated rings. The molecular weight excluding hydrogens is 144 g/mol. The Bertz CT molecular complexity index is 291. The summed E-state index contributed by atoms with van der Waals surface area (Å²) in [6.07, 6.45) is -1.85. The smallest absolute Gasteiger partial charge is 0.389 e. The molecule has 4 heteroatoms. The minimum atomic E-state index is -1.85. The van der Waals surface area contributed by atoms with Crippen molar-refractivity contribution >= 4 is 5.69 Å². The maximum absolute atomic E-state index is 10.5. The van der Waals surface area contributed by atoms with Gasteiger partial charge in [-0.2, -0.15) is 0 Å². The predicted octanol–water partition coefficient (Wildman–Crippen LogP) is 0.522. The summed E-state index contributed by atoms with van der Waals surface area (Å²) >= 11 is 0. The second kappa shape index (κ2) is 3.10. The van der Waals surface area contributed by atoms with Gasteiger partial charge in [0.25, 0.3) is 0 Å². The molecule has 1 aromatic rings. The van der Waals surface area contributed by atoms with Crippen LogP contribution < -0.4 is 5.11 Å². The van der Waals surface area contributed by atoms with Crippen molar-refractivity contribution in [2.24, 2.45) is 0 Å². The van der Waals surface area contributed by atoms with Gasteiger partial charge in [-0.3, -0.25) is 0 Å². The molecular formula is C7H6N2O2. The molecule has 0 aliphatic heterocycles. The van der Waals surface area contributed by atoms with E-state index in [4.69, 9.17) is 10.5 Å². The van der Waals surface area contributed by atoms with Crippen LogP contribution in [0, 0.1) is 5.39 Å². The number of aliphatic hydroxyl groups is 1. The summed E-state index contributed by atoms with van der Waals surface area (Å²) in [5, 5.41) is 27.4. The zero-order valence-corrected chi connectivity index (χ0v) is 5.64.